The topological polar surface area (TPSA) is 26.8 Å². The number of hydrogen-bond donors (Lipinski definition) is 0. The third-order valence-corrected chi connectivity index (χ3v) is 4.81. The Balaban J connectivity index is 1.84. The molecule has 128 valence electrons. The fourth-order valence-electron chi connectivity index (χ4n) is 3.10. The zero-order chi connectivity index (χ0) is 17.0. The van der Waals surface area contributed by atoms with Crippen molar-refractivity contribution < 1.29 is 4.79 Å². The molecule has 0 radical (unpaired) electrons. The monoisotopic (exact) mass is 317 g/mol. The van der Waals surface area contributed by atoms with Gasteiger partial charge in [-0.1, -0.05) is 38.1 Å². The van der Waals surface area contributed by atoms with Gasteiger partial charge in [0.2, 0.25) is 5.91 Å². The summed E-state index contributed by atoms with van der Waals surface area (Å²) in [4.78, 5) is 18.5. The maximum atomic E-state index is 12.1. The van der Waals surface area contributed by atoms with Crippen molar-refractivity contribution in [1.82, 2.24) is 14.7 Å². The van der Waals surface area contributed by atoms with Crippen molar-refractivity contribution in [2.45, 2.75) is 39.3 Å². The minimum Gasteiger partial charge on any atom is -0.347 e. The highest BCUT2D eigenvalue weighted by Crippen LogP contribution is 2.16. The fraction of sp³-hybridized carbons (Fsp3) is 0.632. The molecule has 0 saturated carbocycles. The molecule has 0 N–H and O–H groups in total. The standard InChI is InChI=1S/C19H31N3O/c1-15(2)18-8-6-17(7-9-18)14-21-10-12-22(13-11-21)16(3)19(23)20(4)5/h6-9,15-16H,10-14H2,1-5H3. The molecular weight excluding hydrogens is 286 g/mol. The zero-order valence-corrected chi connectivity index (χ0v) is 15.2. The van der Waals surface area contributed by atoms with Crippen molar-refractivity contribution in [3.8, 4) is 0 Å². The summed E-state index contributed by atoms with van der Waals surface area (Å²) in [6.45, 7) is 11.4. The highest BCUT2D eigenvalue weighted by Gasteiger charge is 2.26. The van der Waals surface area contributed by atoms with Crippen LogP contribution in [0, 0.1) is 0 Å². The first-order chi connectivity index (χ1) is 10.9. The first-order valence-electron chi connectivity index (χ1n) is 8.65. The van der Waals surface area contributed by atoms with E-state index in [2.05, 4.69) is 47.9 Å². The summed E-state index contributed by atoms with van der Waals surface area (Å²) >= 11 is 0. The largest absolute Gasteiger partial charge is 0.347 e. The Morgan fingerprint density at radius 2 is 1.61 bits per heavy atom. The lowest BCUT2D eigenvalue weighted by molar-refractivity contribution is -0.134. The van der Waals surface area contributed by atoms with Gasteiger partial charge in [-0.15, -0.1) is 0 Å². The van der Waals surface area contributed by atoms with Crippen LogP contribution in [0.15, 0.2) is 24.3 Å². The number of carbonyl (C=O) groups is 1. The normalized spacial score (nSPS) is 18.2. The molecular formula is C19H31N3O. The molecule has 1 aromatic rings. The summed E-state index contributed by atoms with van der Waals surface area (Å²) in [5.41, 5.74) is 2.77. The van der Waals surface area contributed by atoms with Gasteiger partial charge >= 0.3 is 0 Å². The molecule has 1 atom stereocenters. The van der Waals surface area contributed by atoms with Gasteiger partial charge in [-0.2, -0.15) is 0 Å². The van der Waals surface area contributed by atoms with E-state index in [0.29, 0.717) is 5.92 Å². The van der Waals surface area contributed by atoms with Gasteiger partial charge in [-0.25, -0.2) is 0 Å². The van der Waals surface area contributed by atoms with E-state index in [1.165, 1.54) is 11.1 Å². The molecule has 1 heterocycles. The molecule has 1 fully saturated rings. The number of amides is 1. The number of likely N-dealkylation sites (N-methyl/N-ethyl adjacent to an activating group) is 1. The van der Waals surface area contributed by atoms with E-state index in [1.54, 1.807) is 4.90 Å². The van der Waals surface area contributed by atoms with Gasteiger partial charge in [0.25, 0.3) is 0 Å². The summed E-state index contributed by atoms with van der Waals surface area (Å²) < 4.78 is 0. The Hall–Kier alpha value is -1.39. The van der Waals surface area contributed by atoms with Crippen LogP contribution in [0.1, 0.15) is 37.8 Å². The molecule has 1 aliphatic rings. The Morgan fingerprint density at radius 3 is 2.09 bits per heavy atom. The lowest BCUT2D eigenvalue weighted by atomic mass is 10.0. The smallest absolute Gasteiger partial charge is 0.239 e. The van der Waals surface area contributed by atoms with E-state index < -0.39 is 0 Å². The van der Waals surface area contributed by atoms with Crippen LogP contribution in [-0.2, 0) is 11.3 Å². The lowest BCUT2D eigenvalue weighted by Gasteiger charge is -2.38. The summed E-state index contributed by atoms with van der Waals surface area (Å²) in [6.07, 6.45) is 0. The van der Waals surface area contributed by atoms with Gasteiger partial charge in [0.05, 0.1) is 6.04 Å². The molecule has 1 saturated heterocycles. The molecule has 23 heavy (non-hydrogen) atoms. The van der Waals surface area contributed by atoms with E-state index in [9.17, 15) is 4.79 Å². The van der Waals surface area contributed by atoms with E-state index in [-0.39, 0.29) is 11.9 Å². The molecule has 0 aromatic heterocycles. The highest BCUT2D eigenvalue weighted by molar-refractivity contribution is 5.80. The van der Waals surface area contributed by atoms with E-state index in [4.69, 9.17) is 0 Å². The minimum atomic E-state index is -0.0162. The molecule has 1 unspecified atom stereocenters. The Labute approximate surface area is 141 Å². The molecule has 1 aromatic carbocycles. The Morgan fingerprint density at radius 1 is 1.04 bits per heavy atom. The van der Waals surface area contributed by atoms with Crippen molar-refractivity contribution in [2.75, 3.05) is 40.3 Å². The minimum absolute atomic E-state index is 0.0162. The van der Waals surface area contributed by atoms with Crippen LogP contribution in [0.4, 0.5) is 0 Å². The molecule has 0 bridgehead atoms. The summed E-state index contributed by atoms with van der Waals surface area (Å²) in [5.74, 6) is 0.783. The molecule has 0 spiro atoms. The second kappa shape index (κ2) is 7.93. The summed E-state index contributed by atoms with van der Waals surface area (Å²) in [5, 5.41) is 0. The van der Waals surface area contributed by atoms with Gasteiger partial charge in [0, 0.05) is 46.8 Å². The maximum absolute atomic E-state index is 12.1. The average molecular weight is 317 g/mol. The van der Waals surface area contributed by atoms with Gasteiger partial charge < -0.3 is 4.90 Å². The van der Waals surface area contributed by atoms with Gasteiger partial charge in [0.1, 0.15) is 0 Å². The third kappa shape index (κ3) is 4.79. The first kappa shape index (κ1) is 18.0. The average Bonchev–Trinajstić information content (AvgIpc) is 2.54. The number of rotatable bonds is 5. The van der Waals surface area contributed by atoms with E-state index >= 15 is 0 Å². The third-order valence-electron chi connectivity index (χ3n) is 4.81. The van der Waals surface area contributed by atoms with Crippen LogP contribution in [0.3, 0.4) is 0 Å². The molecule has 1 amide bonds. The van der Waals surface area contributed by atoms with Crippen LogP contribution in [-0.4, -0.2) is 66.9 Å². The maximum Gasteiger partial charge on any atom is 0.239 e. The van der Waals surface area contributed by atoms with Crippen LogP contribution in [0.5, 0.6) is 0 Å². The summed E-state index contributed by atoms with van der Waals surface area (Å²) in [7, 11) is 3.66. The predicted molar refractivity (Wildman–Crippen MR) is 95.5 cm³/mol. The molecule has 1 aliphatic heterocycles. The fourth-order valence-corrected chi connectivity index (χ4v) is 3.10. The van der Waals surface area contributed by atoms with E-state index in [0.717, 1.165) is 32.7 Å². The zero-order valence-electron chi connectivity index (χ0n) is 15.2. The number of piperazine rings is 1. The Bertz CT molecular complexity index is 502. The second-order valence-electron chi connectivity index (χ2n) is 7.12. The van der Waals surface area contributed by atoms with Crippen molar-refractivity contribution in [3.05, 3.63) is 35.4 Å². The lowest BCUT2D eigenvalue weighted by Crippen LogP contribution is -2.53. The van der Waals surface area contributed by atoms with Crippen LogP contribution in [0.2, 0.25) is 0 Å². The van der Waals surface area contributed by atoms with Crippen molar-refractivity contribution >= 4 is 5.91 Å². The number of hydrogen-bond acceptors (Lipinski definition) is 3. The molecule has 2 rings (SSSR count). The van der Waals surface area contributed by atoms with Crippen LogP contribution < -0.4 is 0 Å². The van der Waals surface area contributed by atoms with Crippen molar-refractivity contribution in [3.63, 3.8) is 0 Å². The van der Waals surface area contributed by atoms with E-state index in [1.807, 2.05) is 21.0 Å². The van der Waals surface area contributed by atoms with Gasteiger partial charge in [0.15, 0.2) is 0 Å². The highest BCUT2D eigenvalue weighted by atomic mass is 16.2. The molecule has 0 aliphatic carbocycles. The number of benzene rings is 1. The van der Waals surface area contributed by atoms with Crippen molar-refractivity contribution in [2.24, 2.45) is 0 Å². The molecule has 4 heteroatoms. The second-order valence-corrected chi connectivity index (χ2v) is 7.12. The molecule has 4 nitrogen and oxygen atoms in total. The quantitative estimate of drug-likeness (QED) is 0.834. The van der Waals surface area contributed by atoms with Crippen molar-refractivity contribution in [1.29, 1.82) is 0 Å². The van der Waals surface area contributed by atoms with Gasteiger partial charge in [-0.3, -0.25) is 14.6 Å². The Kier molecular flexibility index (Phi) is 6.19. The number of nitrogens with zero attached hydrogens (tertiary/aromatic N) is 3. The van der Waals surface area contributed by atoms with Crippen LogP contribution >= 0.6 is 0 Å². The predicted octanol–water partition coefficient (Wildman–Crippen LogP) is 2.40. The van der Waals surface area contributed by atoms with Crippen LogP contribution in [0.25, 0.3) is 0 Å². The summed E-state index contributed by atoms with van der Waals surface area (Å²) in [6, 6.07) is 8.97. The van der Waals surface area contributed by atoms with Gasteiger partial charge in [-0.05, 0) is 24.0 Å². The number of carbonyl (C=O) groups excluding carboxylic acids is 1. The first-order valence-corrected chi connectivity index (χ1v) is 8.65. The SMILES string of the molecule is CC(C)c1ccc(CN2CCN(C(C)C(=O)N(C)C)CC2)cc1.